The Kier molecular flexibility index (Phi) is 3.77. The summed E-state index contributed by atoms with van der Waals surface area (Å²) in [5, 5.41) is 4.87. The first-order chi connectivity index (χ1) is 8.83. The van der Waals surface area contributed by atoms with Crippen LogP contribution in [0.15, 0.2) is 4.99 Å². The van der Waals surface area contributed by atoms with Crippen LogP contribution in [0.4, 0.5) is 0 Å². The predicted molar refractivity (Wildman–Crippen MR) is 74.8 cm³/mol. The first kappa shape index (κ1) is 12.3. The molecule has 100 valence electrons. The monoisotopic (exact) mass is 267 g/mol. The Balaban J connectivity index is 1.39. The number of amides is 1. The molecule has 0 radical (unpaired) electrons. The summed E-state index contributed by atoms with van der Waals surface area (Å²) < 4.78 is 0. The molecule has 3 rings (SSSR count). The van der Waals surface area contributed by atoms with Crippen molar-refractivity contribution in [3.05, 3.63) is 0 Å². The Morgan fingerprint density at radius 1 is 1.33 bits per heavy atom. The van der Waals surface area contributed by atoms with Crippen LogP contribution in [0.3, 0.4) is 0 Å². The van der Waals surface area contributed by atoms with E-state index in [1.165, 1.54) is 19.3 Å². The average Bonchev–Trinajstić information content (AvgIpc) is 3.16. The van der Waals surface area contributed by atoms with Crippen molar-refractivity contribution in [2.75, 3.05) is 26.2 Å². The lowest BCUT2D eigenvalue weighted by atomic mass is 10.1. The molecule has 2 fully saturated rings. The summed E-state index contributed by atoms with van der Waals surface area (Å²) in [7, 11) is 0. The van der Waals surface area contributed by atoms with Gasteiger partial charge in [-0.1, -0.05) is 11.8 Å². The number of amidine groups is 1. The second-order valence-corrected chi connectivity index (χ2v) is 6.66. The van der Waals surface area contributed by atoms with E-state index in [2.05, 4.69) is 10.3 Å². The van der Waals surface area contributed by atoms with E-state index in [0.717, 1.165) is 43.6 Å². The first-order valence-corrected chi connectivity index (χ1v) is 7.93. The lowest BCUT2D eigenvalue weighted by molar-refractivity contribution is -0.130. The lowest BCUT2D eigenvalue weighted by Crippen LogP contribution is -2.42. The Labute approximate surface area is 113 Å². The third-order valence-corrected chi connectivity index (χ3v) is 5.26. The molecule has 1 unspecified atom stereocenters. The van der Waals surface area contributed by atoms with Crippen molar-refractivity contribution in [1.82, 2.24) is 10.2 Å². The predicted octanol–water partition coefficient (Wildman–Crippen LogP) is 1.47. The molecule has 0 aromatic heterocycles. The van der Waals surface area contributed by atoms with Crippen molar-refractivity contribution in [1.29, 1.82) is 0 Å². The number of nitrogens with one attached hydrogen (secondary N) is 1. The average molecular weight is 267 g/mol. The van der Waals surface area contributed by atoms with Crippen LogP contribution in [0.25, 0.3) is 0 Å². The van der Waals surface area contributed by atoms with E-state index in [1.807, 2.05) is 16.7 Å². The summed E-state index contributed by atoms with van der Waals surface area (Å²) in [5.74, 6) is 1.11. The smallest absolute Gasteiger partial charge is 0.241 e. The standard InChI is InChI=1S/C13H21N3OS/c17-12(16-6-2-1-3-7-16)9-15-13-14-8-11(18-13)10-4-5-10/h10-11H,1-9H2,(H,14,15). The zero-order valence-electron chi connectivity index (χ0n) is 10.7. The lowest BCUT2D eigenvalue weighted by Gasteiger charge is -2.26. The van der Waals surface area contributed by atoms with E-state index in [9.17, 15) is 4.79 Å². The van der Waals surface area contributed by atoms with Crippen molar-refractivity contribution < 1.29 is 4.79 Å². The molecule has 5 heteroatoms. The second-order valence-electron chi connectivity index (χ2n) is 5.43. The van der Waals surface area contributed by atoms with Crippen molar-refractivity contribution >= 4 is 22.8 Å². The molecule has 1 amide bonds. The Hall–Kier alpha value is -0.710. The number of carbonyl (C=O) groups is 1. The minimum absolute atomic E-state index is 0.230. The van der Waals surface area contributed by atoms with Crippen LogP contribution < -0.4 is 5.32 Å². The van der Waals surface area contributed by atoms with Gasteiger partial charge in [0.1, 0.15) is 0 Å². The van der Waals surface area contributed by atoms with Gasteiger partial charge in [-0.2, -0.15) is 0 Å². The quantitative estimate of drug-likeness (QED) is 0.842. The summed E-state index contributed by atoms with van der Waals surface area (Å²) >= 11 is 1.84. The maximum Gasteiger partial charge on any atom is 0.241 e. The first-order valence-electron chi connectivity index (χ1n) is 7.06. The second kappa shape index (κ2) is 5.51. The van der Waals surface area contributed by atoms with Crippen LogP contribution in [-0.2, 0) is 4.79 Å². The van der Waals surface area contributed by atoms with Crippen molar-refractivity contribution in [3.63, 3.8) is 0 Å². The number of aliphatic imine (C=N–C) groups is 1. The zero-order chi connectivity index (χ0) is 12.4. The van der Waals surface area contributed by atoms with Crippen LogP contribution >= 0.6 is 11.8 Å². The van der Waals surface area contributed by atoms with Crippen LogP contribution in [0.1, 0.15) is 32.1 Å². The number of nitrogens with zero attached hydrogens (tertiary/aromatic N) is 2. The molecule has 0 spiro atoms. The van der Waals surface area contributed by atoms with Crippen molar-refractivity contribution in [3.8, 4) is 0 Å². The minimum Gasteiger partial charge on any atom is -0.356 e. The van der Waals surface area contributed by atoms with Crippen LogP contribution in [-0.4, -0.2) is 47.4 Å². The maximum atomic E-state index is 12.0. The number of rotatable bonds is 3. The van der Waals surface area contributed by atoms with E-state index in [0.29, 0.717) is 11.8 Å². The number of thioether (sulfide) groups is 1. The highest BCUT2D eigenvalue weighted by molar-refractivity contribution is 8.14. The van der Waals surface area contributed by atoms with E-state index in [4.69, 9.17) is 0 Å². The van der Waals surface area contributed by atoms with Gasteiger partial charge in [0.25, 0.3) is 0 Å². The number of piperidine rings is 1. The molecule has 0 aromatic carbocycles. The highest BCUT2D eigenvalue weighted by Crippen LogP contribution is 2.41. The molecule has 18 heavy (non-hydrogen) atoms. The highest BCUT2D eigenvalue weighted by atomic mass is 32.2. The van der Waals surface area contributed by atoms with Crippen LogP contribution in [0.2, 0.25) is 0 Å². The van der Waals surface area contributed by atoms with Crippen LogP contribution in [0, 0.1) is 5.92 Å². The third-order valence-electron chi connectivity index (χ3n) is 3.93. The Morgan fingerprint density at radius 2 is 2.11 bits per heavy atom. The minimum atomic E-state index is 0.230. The summed E-state index contributed by atoms with van der Waals surface area (Å²) in [6.07, 6.45) is 6.32. The number of likely N-dealkylation sites (tertiary alicyclic amines) is 1. The summed E-state index contributed by atoms with van der Waals surface area (Å²) in [5.41, 5.74) is 0. The van der Waals surface area contributed by atoms with Gasteiger partial charge < -0.3 is 10.2 Å². The van der Waals surface area contributed by atoms with Crippen molar-refractivity contribution in [2.45, 2.75) is 37.4 Å². The fraction of sp³-hybridized carbons (Fsp3) is 0.846. The summed E-state index contributed by atoms with van der Waals surface area (Å²) in [4.78, 5) is 18.5. The zero-order valence-corrected chi connectivity index (χ0v) is 11.5. The van der Waals surface area contributed by atoms with Gasteiger partial charge in [-0.3, -0.25) is 9.79 Å². The summed E-state index contributed by atoms with van der Waals surface area (Å²) in [6.45, 7) is 3.23. The molecule has 1 atom stereocenters. The molecule has 1 N–H and O–H groups in total. The number of carbonyl (C=O) groups excluding carboxylic acids is 1. The topological polar surface area (TPSA) is 44.7 Å². The molecule has 2 heterocycles. The molecule has 2 aliphatic heterocycles. The molecule has 1 aliphatic carbocycles. The third kappa shape index (κ3) is 2.99. The molecule has 4 nitrogen and oxygen atoms in total. The fourth-order valence-corrected chi connectivity index (χ4v) is 3.81. The maximum absolute atomic E-state index is 12.0. The number of hydrogen-bond acceptors (Lipinski definition) is 4. The fourth-order valence-electron chi connectivity index (χ4n) is 2.61. The largest absolute Gasteiger partial charge is 0.356 e. The van der Waals surface area contributed by atoms with Crippen LogP contribution in [0.5, 0.6) is 0 Å². The molecule has 3 aliphatic rings. The number of hydrogen-bond donors (Lipinski definition) is 1. The normalized spacial score (nSPS) is 28.1. The molecular formula is C13H21N3OS. The molecule has 1 saturated carbocycles. The van der Waals surface area contributed by atoms with E-state index >= 15 is 0 Å². The SMILES string of the molecule is O=C(CNC1=NCC(C2CC2)S1)N1CCCCC1. The Morgan fingerprint density at radius 3 is 2.83 bits per heavy atom. The summed E-state index contributed by atoms with van der Waals surface area (Å²) in [6, 6.07) is 0. The Bertz CT molecular complexity index is 348. The van der Waals surface area contributed by atoms with E-state index in [-0.39, 0.29) is 5.91 Å². The van der Waals surface area contributed by atoms with Crippen molar-refractivity contribution in [2.24, 2.45) is 10.9 Å². The van der Waals surface area contributed by atoms with Gasteiger partial charge in [-0.05, 0) is 38.0 Å². The molecule has 0 bridgehead atoms. The highest BCUT2D eigenvalue weighted by Gasteiger charge is 2.35. The molecular weight excluding hydrogens is 246 g/mol. The van der Waals surface area contributed by atoms with E-state index < -0.39 is 0 Å². The van der Waals surface area contributed by atoms with Gasteiger partial charge in [0.05, 0.1) is 13.1 Å². The van der Waals surface area contributed by atoms with Gasteiger partial charge >= 0.3 is 0 Å². The van der Waals surface area contributed by atoms with Gasteiger partial charge in [0.2, 0.25) is 5.91 Å². The molecule has 1 saturated heterocycles. The molecule has 0 aromatic rings. The van der Waals surface area contributed by atoms with Gasteiger partial charge in [0, 0.05) is 18.3 Å². The van der Waals surface area contributed by atoms with Gasteiger partial charge in [-0.25, -0.2) is 0 Å². The van der Waals surface area contributed by atoms with E-state index in [1.54, 1.807) is 0 Å². The van der Waals surface area contributed by atoms with Gasteiger partial charge in [0.15, 0.2) is 5.17 Å². The van der Waals surface area contributed by atoms with Gasteiger partial charge in [-0.15, -0.1) is 0 Å².